The van der Waals surface area contributed by atoms with Crippen LogP contribution in [0.2, 0.25) is 0 Å². The van der Waals surface area contributed by atoms with Crippen molar-refractivity contribution in [3.8, 4) is 11.5 Å². The maximum Gasteiger partial charge on any atom is 0.499 e. The summed E-state index contributed by atoms with van der Waals surface area (Å²) in [6.07, 6.45) is -11.0. The summed E-state index contributed by atoms with van der Waals surface area (Å²) in [5.41, 5.74) is 1.22. The van der Waals surface area contributed by atoms with Crippen LogP contribution in [0, 0.1) is 0 Å². The van der Waals surface area contributed by atoms with Crippen molar-refractivity contribution in [2.24, 2.45) is 0 Å². The summed E-state index contributed by atoms with van der Waals surface area (Å²) in [5, 5.41) is 9.36. The van der Waals surface area contributed by atoms with Gasteiger partial charge in [-0.25, -0.2) is 0 Å². The molecule has 2 aromatic carbocycles. The fourth-order valence-corrected chi connectivity index (χ4v) is 3.00. The van der Waals surface area contributed by atoms with E-state index in [0.29, 0.717) is 26.2 Å². The summed E-state index contributed by atoms with van der Waals surface area (Å²) in [6.45, 7) is 2.72. The lowest BCUT2D eigenvalue weighted by Gasteiger charge is -2.36. The van der Waals surface area contributed by atoms with E-state index in [0.717, 1.165) is 11.8 Å². The van der Waals surface area contributed by atoms with Gasteiger partial charge in [-0.15, -0.1) is 0 Å². The first kappa shape index (κ1) is 20.2. The number of phenolic OH excluding ortho intramolecular Hbond substituents is 1. The second kappa shape index (κ2) is 7.83. The summed E-state index contributed by atoms with van der Waals surface area (Å²) >= 11 is 0. The zero-order valence-corrected chi connectivity index (χ0v) is 14.8. The Bertz CT molecular complexity index is 788. The van der Waals surface area contributed by atoms with Gasteiger partial charge in [-0.2, -0.15) is 22.0 Å². The monoisotopic (exact) mass is 402 g/mol. The van der Waals surface area contributed by atoms with Crippen LogP contribution in [0.25, 0.3) is 0 Å². The van der Waals surface area contributed by atoms with Gasteiger partial charge in [-0.05, 0) is 30.3 Å². The van der Waals surface area contributed by atoms with Gasteiger partial charge in [0.2, 0.25) is 0 Å². The van der Waals surface area contributed by atoms with Crippen LogP contribution in [0.3, 0.4) is 0 Å². The number of hydrogen-bond acceptors (Lipinski definition) is 4. The average molecular weight is 402 g/mol. The van der Waals surface area contributed by atoms with Gasteiger partial charge in [-0.3, -0.25) is 4.90 Å². The predicted octanol–water partition coefficient (Wildman–Crippen LogP) is 4.25. The lowest BCUT2D eigenvalue weighted by Crippen LogP contribution is -2.46. The van der Waals surface area contributed by atoms with Crippen molar-refractivity contribution >= 4 is 5.69 Å². The van der Waals surface area contributed by atoms with Crippen LogP contribution in [-0.4, -0.2) is 48.5 Å². The molecule has 1 heterocycles. The molecule has 0 amide bonds. The van der Waals surface area contributed by atoms with Crippen LogP contribution in [-0.2, 0) is 6.54 Å². The standard InChI is InChI=1S/C19H19F5N2O2/c20-18(21,22)19(23,24)28-17-4-2-1-3-14(17)13-25-9-11-26(12-10-25)15-5-7-16(27)8-6-15/h1-8,27H,9-13H2. The molecule has 28 heavy (non-hydrogen) atoms. The number of phenols is 1. The molecular weight excluding hydrogens is 383 g/mol. The molecule has 152 valence electrons. The number of nitrogens with zero attached hydrogens (tertiary/aromatic N) is 2. The highest BCUT2D eigenvalue weighted by Gasteiger charge is 2.61. The van der Waals surface area contributed by atoms with Gasteiger partial charge in [0.05, 0.1) is 0 Å². The predicted molar refractivity (Wildman–Crippen MR) is 93.7 cm³/mol. The van der Waals surface area contributed by atoms with Crippen LogP contribution < -0.4 is 9.64 Å². The molecule has 0 radical (unpaired) electrons. The van der Waals surface area contributed by atoms with E-state index in [9.17, 15) is 27.1 Å². The van der Waals surface area contributed by atoms with Gasteiger partial charge in [0.15, 0.2) is 0 Å². The molecule has 1 N–H and O–H groups in total. The molecule has 4 nitrogen and oxygen atoms in total. The maximum absolute atomic E-state index is 13.3. The molecule has 9 heteroatoms. The minimum Gasteiger partial charge on any atom is -0.508 e. The number of benzene rings is 2. The van der Waals surface area contributed by atoms with E-state index in [2.05, 4.69) is 9.64 Å². The molecule has 0 bridgehead atoms. The molecule has 0 aliphatic carbocycles. The first-order chi connectivity index (χ1) is 13.2. The zero-order valence-electron chi connectivity index (χ0n) is 14.8. The van der Waals surface area contributed by atoms with Crippen molar-refractivity contribution in [1.29, 1.82) is 0 Å². The van der Waals surface area contributed by atoms with Crippen molar-refractivity contribution in [1.82, 2.24) is 4.90 Å². The van der Waals surface area contributed by atoms with Crippen molar-refractivity contribution in [2.75, 3.05) is 31.1 Å². The molecule has 0 atom stereocenters. The lowest BCUT2D eigenvalue weighted by atomic mass is 10.1. The number of piperazine rings is 1. The number of hydrogen-bond donors (Lipinski definition) is 1. The van der Waals surface area contributed by atoms with Crippen LogP contribution in [0.15, 0.2) is 48.5 Å². The normalized spacial score (nSPS) is 16.2. The van der Waals surface area contributed by atoms with Crippen LogP contribution >= 0.6 is 0 Å². The first-order valence-electron chi connectivity index (χ1n) is 8.63. The van der Waals surface area contributed by atoms with Gasteiger partial charge in [0.25, 0.3) is 0 Å². The number of alkyl halides is 5. The minimum absolute atomic E-state index is 0.176. The van der Waals surface area contributed by atoms with Crippen molar-refractivity contribution < 1.29 is 31.8 Å². The Morgan fingerprint density at radius 2 is 1.46 bits per heavy atom. The lowest BCUT2D eigenvalue weighted by molar-refractivity contribution is -0.360. The van der Waals surface area contributed by atoms with E-state index in [1.165, 1.54) is 12.1 Å². The highest BCUT2D eigenvalue weighted by Crippen LogP contribution is 2.38. The summed E-state index contributed by atoms with van der Waals surface area (Å²) < 4.78 is 67.8. The molecule has 1 fully saturated rings. The smallest absolute Gasteiger partial charge is 0.499 e. The molecular formula is C19H19F5N2O2. The Morgan fingerprint density at radius 1 is 0.857 bits per heavy atom. The number of ether oxygens (including phenoxy) is 1. The van der Waals surface area contributed by atoms with E-state index in [-0.39, 0.29) is 17.9 Å². The second-order valence-corrected chi connectivity index (χ2v) is 6.50. The van der Waals surface area contributed by atoms with Crippen molar-refractivity contribution in [3.63, 3.8) is 0 Å². The molecule has 2 aromatic rings. The Morgan fingerprint density at radius 3 is 2.07 bits per heavy atom. The molecule has 3 rings (SSSR count). The summed E-state index contributed by atoms with van der Waals surface area (Å²) in [7, 11) is 0. The number of halogens is 5. The third kappa shape index (κ3) is 4.64. The fourth-order valence-electron chi connectivity index (χ4n) is 3.00. The van der Waals surface area contributed by atoms with Gasteiger partial charge < -0.3 is 14.7 Å². The van der Waals surface area contributed by atoms with E-state index in [1.54, 1.807) is 30.3 Å². The second-order valence-electron chi connectivity index (χ2n) is 6.50. The molecule has 0 saturated carbocycles. The Labute approximate surface area is 158 Å². The van der Waals surface area contributed by atoms with Gasteiger partial charge in [0.1, 0.15) is 11.5 Å². The number of para-hydroxylation sites is 1. The molecule has 0 aromatic heterocycles. The fraction of sp³-hybridized carbons (Fsp3) is 0.368. The average Bonchev–Trinajstić information content (AvgIpc) is 2.64. The molecule has 1 aliphatic rings. The van der Waals surface area contributed by atoms with Gasteiger partial charge >= 0.3 is 12.3 Å². The van der Waals surface area contributed by atoms with E-state index < -0.39 is 18.0 Å². The minimum atomic E-state index is -5.78. The van der Waals surface area contributed by atoms with Crippen LogP contribution in [0.5, 0.6) is 11.5 Å². The van der Waals surface area contributed by atoms with Crippen molar-refractivity contribution in [2.45, 2.75) is 18.8 Å². The Hall–Kier alpha value is -2.55. The largest absolute Gasteiger partial charge is 0.508 e. The first-order valence-corrected chi connectivity index (χ1v) is 8.63. The highest BCUT2D eigenvalue weighted by molar-refractivity contribution is 5.49. The maximum atomic E-state index is 13.3. The Kier molecular flexibility index (Phi) is 5.64. The summed E-state index contributed by atoms with van der Waals surface area (Å²) in [5.74, 6) is -0.305. The zero-order chi connectivity index (χ0) is 20.4. The molecule has 1 saturated heterocycles. The van der Waals surface area contributed by atoms with E-state index >= 15 is 0 Å². The van der Waals surface area contributed by atoms with Crippen molar-refractivity contribution in [3.05, 3.63) is 54.1 Å². The van der Waals surface area contributed by atoms with Gasteiger partial charge in [0, 0.05) is 44.0 Å². The quantitative estimate of drug-likeness (QED) is 0.759. The van der Waals surface area contributed by atoms with E-state index in [1.807, 2.05) is 4.90 Å². The van der Waals surface area contributed by atoms with E-state index in [4.69, 9.17) is 0 Å². The highest BCUT2D eigenvalue weighted by atomic mass is 19.4. The number of rotatable bonds is 5. The number of anilines is 1. The third-order valence-electron chi connectivity index (χ3n) is 4.52. The molecule has 1 aliphatic heterocycles. The van der Waals surface area contributed by atoms with Crippen LogP contribution in [0.4, 0.5) is 27.6 Å². The third-order valence-corrected chi connectivity index (χ3v) is 4.52. The Balaban J connectivity index is 1.63. The summed E-state index contributed by atoms with van der Waals surface area (Å²) in [4.78, 5) is 4.07. The SMILES string of the molecule is Oc1ccc(N2CCN(Cc3ccccc3OC(F)(F)C(F)(F)F)CC2)cc1. The molecule has 0 spiro atoms. The molecule has 0 unspecified atom stereocenters. The summed E-state index contributed by atoms with van der Waals surface area (Å²) in [6, 6.07) is 12.3. The topological polar surface area (TPSA) is 35.9 Å². The van der Waals surface area contributed by atoms with Crippen LogP contribution in [0.1, 0.15) is 5.56 Å². The van der Waals surface area contributed by atoms with Gasteiger partial charge in [-0.1, -0.05) is 18.2 Å². The number of aromatic hydroxyl groups is 1.